The minimum atomic E-state index is -0.778. The van der Waals surface area contributed by atoms with Gasteiger partial charge in [0.05, 0.1) is 17.5 Å². The molecule has 1 rings (SSSR count). The first-order valence-electron chi connectivity index (χ1n) is 5.84. The van der Waals surface area contributed by atoms with Crippen LogP contribution in [0.25, 0.3) is 0 Å². The van der Waals surface area contributed by atoms with E-state index in [1.54, 1.807) is 21.0 Å². The molecule has 0 bridgehead atoms. The summed E-state index contributed by atoms with van der Waals surface area (Å²) in [5.74, 6) is -0.129. The summed E-state index contributed by atoms with van der Waals surface area (Å²) in [5, 5.41) is 9.64. The van der Waals surface area contributed by atoms with E-state index in [1.807, 2.05) is 19.1 Å². The van der Waals surface area contributed by atoms with Crippen molar-refractivity contribution in [1.82, 2.24) is 0 Å². The monoisotopic (exact) mass is 270 g/mol. The molecule has 0 amide bonds. The molecule has 0 fully saturated rings. The van der Waals surface area contributed by atoms with Gasteiger partial charge in [0.15, 0.2) is 0 Å². The van der Waals surface area contributed by atoms with Gasteiger partial charge in [-0.1, -0.05) is 11.6 Å². The third-order valence-electron chi connectivity index (χ3n) is 3.21. The number of carboxylic acid groups (broad SMARTS) is 1. The molecule has 1 aromatic rings. The number of hydrogen-bond acceptors (Lipinski definition) is 2. The molecule has 1 N–H and O–H groups in total. The largest absolute Gasteiger partial charge is 0.495 e. The lowest BCUT2D eigenvalue weighted by Crippen LogP contribution is -2.24. The lowest BCUT2D eigenvalue weighted by molar-refractivity contribution is -0.147. The zero-order chi connectivity index (χ0) is 13.9. The number of halogens is 1. The van der Waals surface area contributed by atoms with Crippen molar-refractivity contribution in [1.29, 1.82) is 0 Å². The lowest BCUT2D eigenvalue weighted by atomic mass is 9.86. The number of methoxy groups -OCH3 is 1. The summed E-state index contributed by atoms with van der Waals surface area (Å²) in [6, 6.07) is 3.74. The topological polar surface area (TPSA) is 46.5 Å². The van der Waals surface area contributed by atoms with Gasteiger partial charge in [0.25, 0.3) is 0 Å². The van der Waals surface area contributed by atoms with Gasteiger partial charge in [0.2, 0.25) is 0 Å². The van der Waals surface area contributed by atoms with E-state index in [9.17, 15) is 4.79 Å². The van der Waals surface area contributed by atoms with Crippen molar-refractivity contribution in [3.05, 3.63) is 28.3 Å². The van der Waals surface area contributed by atoms with Crippen LogP contribution in [-0.4, -0.2) is 18.2 Å². The molecule has 0 atom stereocenters. The van der Waals surface area contributed by atoms with Crippen molar-refractivity contribution in [3.8, 4) is 5.75 Å². The Balaban J connectivity index is 2.86. The van der Waals surface area contributed by atoms with E-state index in [0.717, 1.165) is 11.1 Å². The Bertz CT molecular complexity index is 453. The van der Waals surface area contributed by atoms with Crippen molar-refractivity contribution in [2.75, 3.05) is 7.11 Å². The Kier molecular flexibility index (Phi) is 4.63. The molecule has 0 aromatic heterocycles. The smallest absolute Gasteiger partial charge is 0.309 e. The fraction of sp³-hybridized carbons (Fsp3) is 0.500. The Morgan fingerprint density at radius 1 is 1.44 bits per heavy atom. The normalized spacial score (nSPS) is 11.4. The number of rotatable bonds is 5. The van der Waals surface area contributed by atoms with Crippen LogP contribution in [0.15, 0.2) is 12.1 Å². The number of benzene rings is 1. The molecular weight excluding hydrogens is 252 g/mol. The maximum atomic E-state index is 11.0. The second kappa shape index (κ2) is 5.61. The number of carbonyl (C=O) groups is 1. The van der Waals surface area contributed by atoms with Gasteiger partial charge in [-0.15, -0.1) is 0 Å². The highest BCUT2D eigenvalue weighted by atomic mass is 35.5. The molecule has 0 spiro atoms. The Morgan fingerprint density at radius 2 is 2.06 bits per heavy atom. The van der Waals surface area contributed by atoms with E-state index in [0.29, 0.717) is 23.6 Å². The van der Waals surface area contributed by atoms with Gasteiger partial charge >= 0.3 is 5.97 Å². The zero-order valence-electron chi connectivity index (χ0n) is 11.2. The third-order valence-corrected chi connectivity index (χ3v) is 3.50. The maximum absolute atomic E-state index is 11.0. The number of aryl methyl sites for hydroxylation is 2. The van der Waals surface area contributed by atoms with E-state index in [1.165, 1.54) is 0 Å². The summed E-state index contributed by atoms with van der Waals surface area (Å²) in [5.41, 5.74) is 1.41. The van der Waals surface area contributed by atoms with Crippen LogP contribution in [0.5, 0.6) is 5.75 Å². The Hall–Kier alpha value is -1.22. The quantitative estimate of drug-likeness (QED) is 0.887. The van der Waals surface area contributed by atoms with Crippen molar-refractivity contribution in [2.45, 2.75) is 33.6 Å². The number of ether oxygens (including phenoxy) is 1. The molecule has 4 heteroatoms. The van der Waals surface area contributed by atoms with Crippen molar-refractivity contribution in [3.63, 3.8) is 0 Å². The minimum absolute atomic E-state index is 0.561. The van der Waals surface area contributed by atoms with E-state index in [4.69, 9.17) is 21.4 Å². The first-order chi connectivity index (χ1) is 8.27. The van der Waals surface area contributed by atoms with Gasteiger partial charge < -0.3 is 9.84 Å². The van der Waals surface area contributed by atoms with E-state index >= 15 is 0 Å². The molecule has 100 valence electrons. The van der Waals surface area contributed by atoms with Gasteiger partial charge in [0.1, 0.15) is 5.75 Å². The second-order valence-electron chi connectivity index (χ2n) is 5.10. The molecule has 0 saturated heterocycles. The standard InChI is InChI=1S/C14H19ClO3/c1-9-7-12(18-4)11(15)8-10(9)5-6-14(2,3)13(16)17/h7-8H,5-6H2,1-4H3,(H,16,17). The SMILES string of the molecule is COc1cc(C)c(CCC(C)(C)C(=O)O)cc1Cl. The van der Waals surface area contributed by atoms with Gasteiger partial charge in [-0.3, -0.25) is 4.79 Å². The predicted octanol–water partition coefficient (Wildman–Crippen LogP) is 3.70. The van der Waals surface area contributed by atoms with Crippen LogP contribution >= 0.6 is 11.6 Å². The molecule has 3 nitrogen and oxygen atoms in total. The highest BCUT2D eigenvalue weighted by molar-refractivity contribution is 6.32. The minimum Gasteiger partial charge on any atom is -0.495 e. The van der Waals surface area contributed by atoms with Gasteiger partial charge in [-0.25, -0.2) is 0 Å². The number of aliphatic carboxylic acids is 1. The van der Waals surface area contributed by atoms with Crippen molar-refractivity contribution >= 4 is 17.6 Å². The zero-order valence-corrected chi connectivity index (χ0v) is 12.0. The molecule has 1 aromatic carbocycles. The first-order valence-corrected chi connectivity index (χ1v) is 6.22. The fourth-order valence-corrected chi connectivity index (χ4v) is 1.94. The highest BCUT2D eigenvalue weighted by Crippen LogP contribution is 2.30. The number of hydrogen-bond donors (Lipinski definition) is 1. The molecule has 0 unspecified atom stereocenters. The predicted molar refractivity (Wildman–Crippen MR) is 72.5 cm³/mol. The summed E-state index contributed by atoms with van der Waals surface area (Å²) in [6.07, 6.45) is 1.26. The Morgan fingerprint density at radius 3 is 2.56 bits per heavy atom. The summed E-state index contributed by atoms with van der Waals surface area (Å²) in [4.78, 5) is 11.0. The average molecular weight is 271 g/mol. The first kappa shape index (κ1) is 14.8. The van der Waals surface area contributed by atoms with Gasteiger partial charge in [-0.2, -0.15) is 0 Å². The third kappa shape index (κ3) is 3.39. The molecule has 0 aliphatic rings. The molecule has 0 aliphatic carbocycles. The van der Waals surface area contributed by atoms with Gasteiger partial charge in [0, 0.05) is 0 Å². The van der Waals surface area contributed by atoms with Crippen LogP contribution < -0.4 is 4.74 Å². The van der Waals surface area contributed by atoms with Crippen molar-refractivity contribution < 1.29 is 14.6 Å². The molecule has 0 radical (unpaired) electrons. The van der Waals surface area contributed by atoms with E-state index in [2.05, 4.69) is 0 Å². The fourth-order valence-electron chi connectivity index (χ4n) is 1.68. The van der Waals surface area contributed by atoms with Crippen LogP contribution in [0, 0.1) is 12.3 Å². The summed E-state index contributed by atoms with van der Waals surface area (Å²) in [6.45, 7) is 5.44. The molecule has 0 aliphatic heterocycles. The van der Waals surface area contributed by atoms with Crippen LogP contribution in [0.3, 0.4) is 0 Å². The number of carboxylic acids is 1. The second-order valence-corrected chi connectivity index (χ2v) is 5.51. The Labute approximate surface area is 113 Å². The molecule has 0 heterocycles. The van der Waals surface area contributed by atoms with Gasteiger partial charge in [-0.05, 0) is 56.9 Å². The molecular formula is C14H19ClO3. The average Bonchev–Trinajstić information content (AvgIpc) is 2.29. The van der Waals surface area contributed by atoms with Crippen LogP contribution in [-0.2, 0) is 11.2 Å². The maximum Gasteiger partial charge on any atom is 0.309 e. The lowest BCUT2D eigenvalue weighted by Gasteiger charge is -2.19. The summed E-state index contributed by atoms with van der Waals surface area (Å²) in [7, 11) is 1.58. The van der Waals surface area contributed by atoms with Crippen LogP contribution in [0.4, 0.5) is 0 Å². The summed E-state index contributed by atoms with van der Waals surface area (Å²) < 4.78 is 5.14. The van der Waals surface area contributed by atoms with E-state index < -0.39 is 11.4 Å². The van der Waals surface area contributed by atoms with Crippen molar-refractivity contribution in [2.24, 2.45) is 5.41 Å². The summed E-state index contributed by atoms with van der Waals surface area (Å²) >= 11 is 6.07. The highest BCUT2D eigenvalue weighted by Gasteiger charge is 2.26. The molecule has 0 saturated carbocycles. The molecule has 18 heavy (non-hydrogen) atoms. The van der Waals surface area contributed by atoms with Crippen LogP contribution in [0.2, 0.25) is 5.02 Å². The van der Waals surface area contributed by atoms with E-state index in [-0.39, 0.29) is 0 Å². The van der Waals surface area contributed by atoms with Crippen LogP contribution in [0.1, 0.15) is 31.4 Å².